The molecule has 2 rings (SSSR count). The number of nitrogens with one attached hydrogen (secondary N) is 1. The summed E-state index contributed by atoms with van der Waals surface area (Å²) >= 11 is 3.19. The number of amides is 1. The average Bonchev–Trinajstić information content (AvgIpc) is 2.67. The third-order valence-corrected chi connectivity index (χ3v) is 3.87. The molecule has 2 aromatic rings. The summed E-state index contributed by atoms with van der Waals surface area (Å²) in [5.41, 5.74) is 2.15. The van der Waals surface area contributed by atoms with Crippen LogP contribution in [0.2, 0.25) is 0 Å². The molecule has 0 atom stereocenters. The standard InChI is InChI=1S/C12H14N2OS2/c1-8-3-4-9-10(7-8)17-12(13-9)14-11(15)5-6-16-2/h3-4,7H,5-6H2,1-2H3,(H,13,14,15). The van der Waals surface area contributed by atoms with Gasteiger partial charge in [-0.05, 0) is 30.9 Å². The summed E-state index contributed by atoms with van der Waals surface area (Å²) in [6, 6.07) is 6.10. The Morgan fingerprint density at radius 1 is 1.53 bits per heavy atom. The van der Waals surface area contributed by atoms with E-state index < -0.39 is 0 Å². The first kappa shape index (κ1) is 12.4. The van der Waals surface area contributed by atoms with E-state index in [1.54, 1.807) is 11.8 Å². The lowest BCUT2D eigenvalue weighted by Crippen LogP contribution is -2.11. The van der Waals surface area contributed by atoms with Crippen LogP contribution in [0.5, 0.6) is 0 Å². The number of anilines is 1. The van der Waals surface area contributed by atoms with Crippen molar-refractivity contribution in [3.8, 4) is 0 Å². The van der Waals surface area contributed by atoms with Crippen molar-refractivity contribution < 1.29 is 4.79 Å². The van der Waals surface area contributed by atoms with Gasteiger partial charge in [-0.1, -0.05) is 17.4 Å². The van der Waals surface area contributed by atoms with Gasteiger partial charge >= 0.3 is 0 Å². The normalized spacial score (nSPS) is 10.7. The Morgan fingerprint density at radius 2 is 2.35 bits per heavy atom. The first-order valence-corrected chi connectivity index (χ1v) is 7.56. The van der Waals surface area contributed by atoms with Gasteiger partial charge in [0.1, 0.15) is 0 Å². The molecular formula is C12H14N2OS2. The third-order valence-electron chi connectivity index (χ3n) is 2.32. The van der Waals surface area contributed by atoms with Gasteiger partial charge in [0, 0.05) is 12.2 Å². The van der Waals surface area contributed by atoms with Crippen molar-refractivity contribution in [1.82, 2.24) is 4.98 Å². The smallest absolute Gasteiger partial charge is 0.226 e. The maximum atomic E-state index is 11.6. The van der Waals surface area contributed by atoms with Crippen molar-refractivity contribution >= 4 is 44.4 Å². The summed E-state index contributed by atoms with van der Waals surface area (Å²) in [4.78, 5) is 15.9. The quantitative estimate of drug-likeness (QED) is 0.923. The Morgan fingerprint density at radius 3 is 3.12 bits per heavy atom. The van der Waals surface area contributed by atoms with Crippen LogP contribution in [0, 0.1) is 6.92 Å². The van der Waals surface area contributed by atoms with Crippen LogP contribution in [-0.2, 0) is 4.79 Å². The second-order valence-electron chi connectivity index (χ2n) is 3.78. The number of aryl methyl sites for hydroxylation is 1. The van der Waals surface area contributed by atoms with Gasteiger partial charge in [-0.15, -0.1) is 0 Å². The fraction of sp³-hybridized carbons (Fsp3) is 0.333. The lowest BCUT2D eigenvalue weighted by molar-refractivity contribution is -0.115. The van der Waals surface area contributed by atoms with E-state index in [1.165, 1.54) is 16.9 Å². The molecule has 0 bridgehead atoms. The molecule has 0 saturated carbocycles. The fourth-order valence-corrected chi connectivity index (χ4v) is 2.83. The Kier molecular flexibility index (Phi) is 4.02. The van der Waals surface area contributed by atoms with Crippen molar-refractivity contribution in [1.29, 1.82) is 0 Å². The van der Waals surface area contributed by atoms with Crippen LogP contribution in [-0.4, -0.2) is 22.9 Å². The number of nitrogens with zero attached hydrogens (tertiary/aromatic N) is 1. The van der Waals surface area contributed by atoms with Crippen molar-refractivity contribution in [2.75, 3.05) is 17.3 Å². The van der Waals surface area contributed by atoms with Crippen LogP contribution in [0.15, 0.2) is 18.2 Å². The molecule has 0 fully saturated rings. The molecule has 0 unspecified atom stereocenters. The van der Waals surface area contributed by atoms with Gasteiger partial charge in [-0.2, -0.15) is 11.8 Å². The van der Waals surface area contributed by atoms with Crippen LogP contribution in [0.1, 0.15) is 12.0 Å². The van der Waals surface area contributed by atoms with Crippen LogP contribution >= 0.6 is 23.1 Å². The van der Waals surface area contributed by atoms with Gasteiger partial charge in [0.2, 0.25) is 5.91 Å². The Labute approximate surface area is 109 Å². The minimum absolute atomic E-state index is 0.0372. The number of rotatable bonds is 4. The Bertz CT molecular complexity index is 536. The molecule has 5 heteroatoms. The monoisotopic (exact) mass is 266 g/mol. The van der Waals surface area contributed by atoms with E-state index in [9.17, 15) is 4.79 Å². The van der Waals surface area contributed by atoms with Gasteiger partial charge in [-0.25, -0.2) is 4.98 Å². The average molecular weight is 266 g/mol. The van der Waals surface area contributed by atoms with E-state index in [2.05, 4.69) is 23.3 Å². The van der Waals surface area contributed by atoms with Crippen molar-refractivity contribution in [2.24, 2.45) is 0 Å². The van der Waals surface area contributed by atoms with Crippen LogP contribution in [0.4, 0.5) is 5.13 Å². The van der Waals surface area contributed by atoms with Crippen molar-refractivity contribution in [3.63, 3.8) is 0 Å². The van der Waals surface area contributed by atoms with Crippen molar-refractivity contribution in [2.45, 2.75) is 13.3 Å². The molecule has 90 valence electrons. The first-order valence-electron chi connectivity index (χ1n) is 5.35. The molecule has 1 aromatic carbocycles. The number of benzene rings is 1. The van der Waals surface area contributed by atoms with E-state index in [0.29, 0.717) is 11.6 Å². The summed E-state index contributed by atoms with van der Waals surface area (Å²) in [7, 11) is 0. The predicted molar refractivity (Wildman–Crippen MR) is 76.0 cm³/mol. The lowest BCUT2D eigenvalue weighted by atomic mass is 10.2. The van der Waals surface area contributed by atoms with Crippen LogP contribution in [0.25, 0.3) is 10.2 Å². The number of fused-ring (bicyclic) bond motifs is 1. The van der Waals surface area contributed by atoms with E-state index in [4.69, 9.17) is 0 Å². The highest BCUT2D eigenvalue weighted by atomic mass is 32.2. The van der Waals surface area contributed by atoms with Gasteiger partial charge < -0.3 is 5.32 Å². The lowest BCUT2D eigenvalue weighted by Gasteiger charge is -1.98. The highest BCUT2D eigenvalue weighted by Crippen LogP contribution is 2.26. The topological polar surface area (TPSA) is 42.0 Å². The molecule has 1 amide bonds. The molecule has 0 spiro atoms. The Balaban J connectivity index is 2.11. The SMILES string of the molecule is CSCCC(=O)Nc1nc2ccc(C)cc2s1. The largest absolute Gasteiger partial charge is 0.302 e. The number of aromatic nitrogens is 1. The molecule has 3 nitrogen and oxygen atoms in total. The molecule has 0 aliphatic heterocycles. The summed E-state index contributed by atoms with van der Waals surface area (Å²) in [6.07, 6.45) is 2.53. The molecule has 1 N–H and O–H groups in total. The van der Waals surface area contributed by atoms with E-state index in [0.717, 1.165) is 16.0 Å². The number of hydrogen-bond acceptors (Lipinski definition) is 4. The molecule has 17 heavy (non-hydrogen) atoms. The maximum Gasteiger partial charge on any atom is 0.226 e. The molecular weight excluding hydrogens is 252 g/mol. The number of thiazole rings is 1. The molecule has 0 aliphatic rings. The highest BCUT2D eigenvalue weighted by Gasteiger charge is 2.07. The maximum absolute atomic E-state index is 11.6. The summed E-state index contributed by atoms with van der Waals surface area (Å²) in [5, 5.41) is 3.53. The molecule has 0 aliphatic carbocycles. The highest BCUT2D eigenvalue weighted by molar-refractivity contribution is 7.98. The summed E-state index contributed by atoms with van der Waals surface area (Å²) in [6.45, 7) is 2.05. The molecule has 1 heterocycles. The van der Waals surface area contributed by atoms with Gasteiger partial charge in [0.25, 0.3) is 0 Å². The van der Waals surface area contributed by atoms with Crippen molar-refractivity contribution in [3.05, 3.63) is 23.8 Å². The fourth-order valence-electron chi connectivity index (χ4n) is 1.46. The molecule has 1 aromatic heterocycles. The van der Waals surface area contributed by atoms with Gasteiger partial charge in [-0.3, -0.25) is 4.79 Å². The van der Waals surface area contributed by atoms with Gasteiger partial charge in [0.05, 0.1) is 10.2 Å². The Hall–Kier alpha value is -1.07. The van der Waals surface area contributed by atoms with E-state index in [1.807, 2.05) is 18.4 Å². The molecule has 0 saturated heterocycles. The second kappa shape index (κ2) is 5.51. The van der Waals surface area contributed by atoms with Gasteiger partial charge in [0.15, 0.2) is 5.13 Å². The minimum atomic E-state index is 0.0372. The first-order chi connectivity index (χ1) is 8.19. The number of thioether (sulfide) groups is 1. The summed E-state index contributed by atoms with van der Waals surface area (Å²) < 4.78 is 1.12. The minimum Gasteiger partial charge on any atom is -0.302 e. The number of carbonyl (C=O) groups excluding carboxylic acids is 1. The molecule has 0 radical (unpaired) electrons. The van der Waals surface area contributed by atoms with Crippen LogP contribution < -0.4 is 5.32 Å². The number of hydrogen-bond donors (Lipinski definition) is 1. The van der Waals surface area contributed by atoms with E-state index in [-0.39, 0.29) is 5.91 Å². The zero-order valence-corrected chi connectivity index (χ0v) is 11.5. The number of carbonyl (C=O) groups is 1. The predicted octanol–water partition coefficient (Wildman–Crippen LogP) is 3.30. The third kappa shape index (κ3) is 3.20. The van der Waals surface area contributed by atoms with Crippen LogP contribution in [0.3, 0.4) is 0 Å². The second-order valence-corrected chi connectivity index (χ2v) is 5.80. The zero-order chi connectivity index (χ0) is 12.3. The summed E-state index contributed by atoms with van der Waals surface area (Å²) in [5.74, 6) is 0.880. The zero-order valence-electron chi connectivity index (χ0n) is 9.82. The van der Waals surface area contributed by atoms with E-state index >= 15 is 0 Å².